The Bertz CT molecular complexity index is 419. The third-order valence-corrected chi connectivity index (χ3v) is 3.45. The van der Waals surface area contributed by atoms with Gasteiger partial charge in [0.2, 0.25) is 0 Å². The number of amides is 2. The van der Waals surface area contributed by atoms with Crippen molar-refractivity contribution >= 4 is 11.7 Å². The summed E-state index contributed by atoms with van der Waals surface area (Å²) in [5.74, 6) is 0. The number of nitrogens with one attached hydrogen (secondary N) is 1. The van der Waals surface area contributed by atoms with E-state index in [0.29, 0.717) is 13.2 Å². The van der Waals surface area contributed by atoms with E-state index in [9.17, 15) is 4.79 Å². The molecular weight excluding hydrogens is 270 g/mol. The predicted octanol–water partition coefficient (Wildman–Crippen LogP) is 1.14. The molecule has 1 aliphatic heterocycles. The van der Waals surface area contributed by atoms with Crippen LogP contribution in [0, 0.1) is 0 Å². The Morgan fingerprint density at radius 1 is 1.14 bits per heavy atom. The fourth-order valence-electron chi connectivity index (χ4n) is 2.25. The van der Waals surface area contributed by atoms with E-state index < -0.39 is 0 Å². The Kier molecular flexibility index (Phi) is 6.30. The van der Waals surface area contributed by atoms with E-state index in [4.69, 9.17) is 9.47 Å². The maximum absolute atomic E-state index is 12.0. The van der Waals surface area contributed by atoms with Gasteiger partial charge in [0.25, 0.3) is 0 Å². The zero-order valence-corrected chi connectivity index (χ0v) is 12.5. The minimum absolute atomic E-state index is 0.0693. The van der Waals surface area contributed by atoms with Crippen molar-refractivity contribution in [2.24, 2.45) is 0 Å². The third-order valence-electron chi connectivity index (χ3n) is 3.45. The van der Waals surface area contributed by atoms with Gasteiger partial charge in [-0.05, 0) is 12.1 Å². The monoisotopic (exact) mass is 293 g/mol. The summed E-state index contributed by atoms with van der Waals surface area (Å²) in [6.07, 6.45) is 0. The second-order valence-corrected chi connectivity index (χ2v) is 4.84. The molecule has 1 aromatic carbocycles. The number of benzene rings is 1. The lowest BCUT2D eigenvalue weighted by molar-refractivity contribution is 0.0615. The smallest absolute Gasteiger partial charge is 0.319 e. The summed E-state index contributed by atoms with van der Waals surface area (Å²) in [5, 5.41) is 2.76. The standard InChI is InChI=1S/C15H23N3O3/c1-20-11-12-21-13-16-15(19)18-9-7-17(8-10-18)14-5-3-2-4-6-14/h2-6H,7-13H2,1H3,(H,16,19). The largest absolute Gasteiger partial charge is 0.382 e. The van der Waals surface area contributed by atoms with Crippen LogP contribution >= 0.6 is 0 Å². The first-order valence-corrected chi connectivity index (χ1v) is 7.20. The average Bonchev–Trinajstić information content (AvgIpc) is 2.55. The highest BCUT2D eigenvalue weighted by molar-refractivity contribution is 5.74. The van der Waals surface area contributed by atoms with Gasteiger partial charge in [0.15, 0.2) is 0 Å². The van der Waals surface area contributed by atoms with E-state index in [0.717, 1.165) is 26.2 Å². The highest BCUT2D eigenvalue weighted by Gasteiger charge is 2.20. The first-order chi connectivity index (χ1) is 10.3. The summed E-state index contributed by atoms with van der Waals surface area (Å²) >= 11 is 0. The number of piperazine rings is 1. The Balaban J connectivity index is 1.67. The topological polar surface area (TPSA) is 54.0 Å². The number of ether oxygens (including phenoxy) is 2. The van der Waals surface area contributed by atoms with Gasteiger partial charge >= 0.3 is 6.03 Å². The minimum Gasteiger partial charge on any atom is -0.382 e. The van der Waals surface area contributed by atoms with Crippen molar-refractivity contribution in [3.05, 3.63) is 30.3 Å². The maximum Gasteiger partial charge on any atom is 0.319 e. The predicted molar refractivity (Wildman–Crippen MR) is 81.5 cm³/mol. The van der Waals surface area contributed by atoms with E-state index >= 15 is 0 Å². The number of hydrogen-bond donors (Lipinski definition) is 1. The molecule has 0 radical (unpaired) electrons. The Hall–Kier alpha value is -1.79. The van der Waals surface area contributed by atoms with Crippen LogP contribution in [0.25, 0.3) is 0 Å². The molecule has 0 spiro atoms. The van der Waals surface area contributed by atoms with Crippen LogP contribution in [0.5, 0.6) is 0 Å². The molecule has 0 unspecified atom stereocenters. The lowest BCUT2D eigenvalue weighted by Crippen LogP contribution is -2.52. The Morgan fingerprint density at radius 3 is 2.52 bits per heavy atom. The number of carbonyl (C=O) groups is 1. The second kappa shape index (κ2) is 8.49. The zero-order valence-electron chi connectivity index (χ0n) is 12.5. The first-order valence-electron chi connectivity index (χ1n) is 7.20. The van der Waals surface area contributed by atoms with Crippen LogP contribution in [0.1, 0.15) is 0 Å². The molecule has 116 valence electrons. The number of anilines is 1. The van der Waals surface area contributed by atoms with Crippen molar-refractivity contribution in [2.45, 2.75) is 0 Å². The molecule has 1 N–H and O–H groups in total. The number of methoxy groups -OCH3 is 1. The van der Waals surface area contributed by atoms with E-state index in [-0.39, 0.29) is 12.8 Å². The summed E-state index contributed by atoms with van der Waals surface area (Å²) in [4.78, 5) is 16.1. The number of rotatable bonds is 6. The van der Waals surface area contributed by atoms with Gasteiger partial charge in [0, 0.05) is 39.0 Å². The number of nitrogens with zero attached hydrogens (tertiary/aromatic N) is 2. The van der Waals surface area contributed by atoms with Crippen LogP contribution in [0.4, 0.5) is 10.5 Å². The summed E-state index contributed by atoms with van der Waals surface area (Å²) < 4.78 is 10.1. The van der Waals surface area contributed by atoms with Gasteiger partial charge in [-0.3, -0.25) is 0 Å². The third kappa shape index (κ3) is 4.91. The summed E-state index contributed by atoms with van der Waals surface area (Å²) in [7, 11) is 1.62. The average molecular weight is 293 g/mol. The molecule has 1 aromatic rings. The number of urea groups is 1. The van der Waals surface area contributed by atoms with E-state index in [2.05, 4.69) is 22.3 Å². The number of hydrogen-bond acceptors (Lipinski definition) is 4. The summed E-state index contributed by atoms with van der Waals surface area (Å²) in [6, 6.07) is 10.2. The van der Waals surface area contributed by atoms with Crippen molar-refractivity contribution in [2.75, 3.05) is 58.1 Å². The number of carbonyl (C=O) groups excluding carboxylic acids is 1. The zero-order chi connectivity index (χ0) is 14.9. The molecule has 0 aliphatic carbocycles. The quantitative estimate of drug-likeness (QED) is 0.631. The summed E-state index contributed by atoms with van der Waals surface area (Å²) in [5.41, 5.74) is 1.21. The van der Waals surface area contributed by atoms with Crippen LogP contribution in [0.3, 0.4) is 0 Å². The fourth-order valence-corrected chi connectivity index (χ4v) is 2.25. The van der Waals surface area contributed by atoms with Crippen LogP contribution < -0.4 is 10.2 Å². The molecule has 0 atom stereocenters. The van der Waals surface area contributed by atoms with Gasteiger partial charge in [0.1, 0.15) is 6.73 Å². The van der Waals surface area contributed by atoms with E-state index in [1.54, 1.807) is 7.11 Å². The van der Waals surface area contributed by atoms with Crippen molar-refractivity contribution < 1.29 is 14.3 Å². The Morgan fingerprint density at radius 2 is 1.86 bits per heavy atom. The normalized spacial score (nSPS) is 15.1. The molecular formula is C15H23N3O3. The molecule has 6 heteroatoms. The molecule has 0 saturated carbocycles. The second-order valence-electron chi connectivity index (χ2n) is 4.84. The van der Waals surface area contributed by atoms with Crippen molar-refractivity contribution in [1.29, 1.82) is 0 Å². The highest BCUT2D eigenvalue weighted by atomic mass is 16.5. The van der Waals surface area contributed by atoms with Crippen LogP contribution in [-0.4, -0.2) is 64.2 Å². The van der Waals surface area contributed by atoms with Crippen LogP contribution in [0.15, 0.2) is 30.3 Å². The van der Waals surface area contributed by atoms with Crippen molar-refractivity contribution in [3.63, 3.8) is 0 Å². The van der Waals surface area contributed by atoms with Crippen LogP contribution in [0.2, 0.25) is 0 Å². The lowest BCUT2D eigenvalue weighted by atomic mass is 10.2. The van der Waals surface area contributed by atoms with Crippen molar-refractivity contribution in [1.82, 2.24) is 10.2 Å². The first kappa shape index (κ1) is 15.6. The van der Waals surface area contributed by atoms with E-state index in [1.165, 1.54) is 5.69 Å². The summed E-state index contributed by atoms with van der Waals surface area (Å²) in [6.45, 7) is 4.38. The maximum atomic E-state index is 12.0. The molecule has 0 bridgehead atoms. The molecule has 21 heavy (non-hydrogen) atoms. The SMILES string of the molecule is COCCOCNC(=O)N1CCN(c2ccccc2)CC1. The molecule has 6 nitrogen and oxygen atoms in total. The van der Waals surface area contributed by atoms with Gasteiger partial charge in [-0.15, -0.1) is 0 Å². The molecule has 2 amide bonds. The Labute approximate surface area is 125 Å². The molecule has 1 fully saturated rings. The lowest BCUT2D eigenvalue weighted by Gasteiger charge is -2.36. The highest BCUT2D eigenvalue weighted by Crippen LogP contribution is 2.15. The molecule has 1 heterocycles. The minimum atomic E-state index is -0.0693. The van der Waals surface area contributed by atoms with Crippen LogP contribution in [-0.2, 0) is 9.47 Å². The van der Waals surface area contributed by atoms with Gasteiger partial charge in [0.05, 0.1) is 13.2 Å². The van der Waals surface area contributed by atoms with E-state index in [1.807, 2.05) is 23.1 Å². The van der Waals surface area contributed by atoms with Gasteiger partial charge in [-0.1, -0.05) is 18.2 Å². The fraction of sp³-hybridized carbons (Fsp3) is 0.533. The van der Waals surface area contributed by atoms with Gasteiger partial charge in [-0.25, -0.2) is 4.79 Å². The number of para-hydroxylation sites is 1. The van der Waals surface area contributed by atoms with Gasteiger partial charge in [-0.2, -0.15) is 0 Å². The molecule has 1 saturated heterocycles. The molecule has 1 aliphatic rings. The molecule has 0 aromatic heterocycles. The molecule has 2 rings (SSSR count). The van der Waals surface area contributed by atoms with Gasteiger partial charge < -0.3 is 24.6 Å². The van der Waals surface area contributed by atoms with Crippen molar-refractivity contribution in [3.8, 4) is 0 Å².